The third kappa shape index (κ3) is 3.21. The molecule has 4 rings (SSSR count). The van der Waals surface area contributed by atoms with Crippen molar-refractivity contribution >= 4 is 34.4 Å². The van der Waals surface area contributed by atoms with Crippen molar-refractivity contribution in [3.63, 3.8) is 0 Å². The Bertz CT molecular complexity index is 1100. The summed E-state index contributed by atoms with van der Waals surface area (Å²) in [5.74, 6) is 0.841. The van der Waals surface area contributed by atoms with E-state index in [1.54, 1.807) is 4.57 Å². The van der Waals surface area contributed by atoms with E-state index in [1.165, 1.54) is 11.9 Å². The number of pyridine rings is 1. The van der Waals surface area contributed by atoms with Gasteiger partial charge in [0.1, 0.15) is 11.3 Å². The molecule has 0 atom stereocenters. The van der Waals surface area contributed by atoms with E-state index >= 15 is 0 Å². The highest BCUT2D eigenvalue weighted by atomic mass is 32.2. The van der Waals surface area contributed by atoms with E-state index in [2.05, 4.69) is 23.6 Å². The summed E-state index contributed by atoms with van der Waals surface area (Å²) in [4.78, 5) is 18.9. The molecule has 0 fully saturated rings. The molecule has 0 bridgehead atoms. The molecule has 2 N–H and O–H groups in total. The van der Waals surface area contributed by atoms with Crippen LogP contribution in [0.2, 0.25) is 0 Å². The first-order valence-electron chi connectivity index (χ1n) is 9.01. The van der Waals surface area contributed by atoms with Crippen molar-refractivity contribution in [3.8, 4) is 5.75 Å². The topological polar surface area (TPSA) is 66.6 Å². The van der Waals surface area contributed by atoms with Gasteiger partial charge in [-0.2, -0.15) is 0 Å². The number of aromatic nitrogens is 1. The molecular formula is C21H21N3O2S. The fraction of sp³-hybridized carbons (Fsp3) is 0.238. The van der Waals surface area contributed by atoms with Gasteiger partial charge in [0.25, 0.3) is 5.56 Å². The molecule has 0 radical (unpaired) electrons. The van der Waals surface area contributed by atoms with Crippen LogP contribution in [0.25, 0.3) is 10.9 Å². The number of benzene rings is 2. The van der Waals surface area contributed by atoms with Gasteiger partial charge in [0.05, 0.1) is 16.1 Å². The van der Waals surface area contributed by atoms with Crippen LogP contribution in [-0.4, -0.2) is 15.5 Å². The van der Waals surface area contributed by atoms with E-state index in [-0.39, 0.29) is 16.9 Å². The molecule has 0 unspecified atom stereocenters. The van der Waals surface area contributed by atoms with Crippen LogP contribution in [0.3, 0.4) is 0 Å². The summed E-state index contributed by atoms with van der Waals surface area (Å²) in [5, 5.41) is 11.5. The molecule has 1 aromatic heterocycles. The number of hydrogen-bond acceptors (Lipinski definition) is 5. The Labute approximate surface area is 161 Å². The van der Waals surface area contributed by atoms with Crippen molar-refractivity contribution in [2.24, 2.45) is 10.9 Å². The zero-order valence-corrected chi connectivity index (χ0v) is 16.1. The van der Waals surface area contributed by atoms with E-state index < -0.39 is 0 Å². The molecule has 6 heteroatoms. The van der Waals surface area contributed by atoms with E-state index in [9.17, 15) is 9.90 Å². The maximum Gasteiger partial charge on any atom is 0.265 e. The molecule has 5 nitrogen and oxygen atoms in total. The maximum atomic E-state index is 13.3. The molecule has 0 amide bonds. The molecule has 0 saturated heterocycles. The van der Waals surface area contributed by atoms with E-state index in [0.29, 0.717) is 23.7 Å². The minimum atomic E-state index is -0.224. The van der Waals surface area contributed by atoms with Gasteiger partial charge in [0.2, 0.25) is 0 Å². The lowest BCUT2D eigenvalue weighted by Gasteiger charge is -2.20. The summed E-state index contributed by atoms with van der Waals surface area (Å²) >= 11 is 1.40. The van der Waals surface area contributed by atoms with E-state index in [0.717, 1.165) is 22.5 Å². The van der Waals surface area contributed by atoms with Crippen LogP contribution in [0.4, 0.5) is 5.69 Å². The highest BCUT2D eigenvalue weighted by molar-refractivity contribution is 7.98. The number of fused-ring (bicyclic) bond motifs is 2. The SMILES string of the molecule is CC(C)CCn1c(=O)c(C2=Nc3ccccc3SN2)c(O)c2ccccc21. The summed E-state index contributed by atoms with van der Waals surface area (Å²) in [6, 6.07) is 15.2. The first kappa shape index (κ1) is 17.7. The van der Waals surface area contributed by atoms with Gasteiger partial charge < -0.3 is 14.4 Å². The van der Waals surface area contributed by atoms with Gasteiger partial charge >= 0.3 is 0 Å². The second-order valence-electron chi connectivity index (χ2n) is 7.01. The Morgan fingerprint density at radius 2 is 1.89 bits per heavy atom. The minimum Gasteiger partial charge on any atom is -0.506 e. The molecule has 27 heavy (non-hydrogen) atoms. The summed E-state index contributed by atoms with van der Waals surface area (Å²) in [6.45, 7) is 4.87. The number of aromatic hydroxyl groups is 1. The van der Waals surface area contributed by atoms with Crippen molar-refractivity contribution in [3.05, 3.63) is 64.4 Å². The van der Waals surface area contributed by atoms with Gasteiger partial charge in [-0.15, -0.1) is 0 Å². The van der Waals surface area contributed by atoms with E-state index in [4.69, 9.17) is 0 Å². The lowest BCUT2D eigenvalue weighted by Crippen LogP contribution is -2.32. The molecule has 3 aromatic rings. The minimum absolute atomic E-state index is 0.0253. The van der Waals surface area contributed by atoms with Gasteiger partial charge in [-0.05, 0) is 48.6 Å². The average Bonchev–Trinajstić information content (AvgIpc) is 2.67. The highest BCUT2D eigenvalue weighted by Crippen LogP contribution is 2.34. The fourth-order valence-corrected chi connectivity index (χ4v) is 3.92. The Hall–Kier alpha value is -2.73. The number of aliphatic imine (C=N–C) groups is 1. The molecule has 2 aromatic carbocycles. The van der Waals surface area contributed by atoms with Crippen LogP contribution < -0.4 is 10.3 Å². The predicted octanol–water partition coefficient (Wildman–Crippen LogP) is 4.44. The Kier molecular flexibility index (Phi) is 4.66. The number of amidine groups is 1. The monoisotopic (exact) mass is 379 g/mol. The smallest absolute Gasteiger partial charge is 0.265 e. The molecule has 0 aliphatic carbocycles. The number of nitrogens with one attached hydrogen (secondary N) is 1. The molecule has 138 valence electrons. The normalized spacial score (nSPS) is 13.4. The third-order valence-electron chi connectivity index (χ3n) is 4.67. The molecule has 0 spiro atoms. The van der Waals surface area contributed by atoms with Gasteiger partial charge in [-0.25, -0.2) is 4.99 Å². The van der Waals surface area contributed by atoms with E-state index in [1.807, 2.05) is 48.5 Å². The van der Waals surface area contributed by atoms with Gasteiger partial charge in [0, 0.05) is 11.9 Å². The molecular weight excluding hydrogens is 358 g/mol. The van der Waals surface area contributed by atoms with Crippen molar-refractivity contribution in [2.45, 2.75) is 31.7 Å². The molecule has 1 aliphatic heterocycles. The lowest BCUT2D eigenvalue weighted by atomic mass is 10.1. The highest BCUT2D eigenvalue weighted by Gasteiger charge is 2.23. The van der Waals surface area contributed by atoms with Crippen molar-refractivity contribution in [2.75, 3.05) is 0 Å². The number of aryl methyl sites for hydroxylation is 1. The Morgan fingerprint density at radius 1 is 1.15 bits per heavy atom. The molecule has 2 heterocycles. The average molecular weight is 379 g/mol. The quantitative estimate of drug-likeness (QED) is 0.658. The predicted molar refractivity (Wildman–Crippen MR) is 111 cm³/mol. The summed E-state index contributed by atoms with van der Waals surface area (Å²) in [5.41, 5.74) is 1.53. The number of hydrogen-bond donors (Lipinski definition) is 2. The molecule has 1 aliphatic rings. The number of rotatable bonds is 4. The second-order valence-corrected chi connectivity index (χ2v) is 7.86. The first-order chi connectivity index (χ1) is 13.1. The summed E-state index contributed by atoms with van der Waals surface area (Å²) in [6.07, 6.45) is 0.881. The van der Waals surface area contributed by atoms with Crippen molar-refractivity contribution < 1.29 is 5.11 Å². The van der Waals surface area contributed by atoms with Crippen molar-refractivity contribution in [1.82, 2.24) is 9.29 Å². The standard InChI is InChI=1S/C21H21N3O2S/c1-13(2)11-12-24-16-9-5-3-7-14(16)19(25)18(21(24)26)20-22-15-8-4-6-10-17(15)27-23-20/h3-10,13,25H,11-12H2,1-2H3,(H,22,23). The van der Waals surface area contributed by atoms with Crippen LogP contribution in [-0.2, 0) is 6.54 Å². The van der Waals surface area contributed by atoms with Crippen LogP contribution in [0.1, 0.15) is 25.8 Å². The van der Waals surface area contributed by atoms with Crippen LogP contribution in [0.15, 0.2) is 63.2 Å². The second kappa shape index (κ2) is 7.12. The van der Waals surface area contributed by atoms with Crippen LogP contribution in [0.5, 0.6) is 5.75 Å². The first-order valence-corrected chi connectivity index (χ1v) is 9.83. The zero-order chi connectivity index (χ0) is 19.0. The van der Waals surface area contributed by atoms with Gasteiger partial charge in [-0.3, -0.25) is 4.79 Å². The lowest BCUT2D eigenvalue weighted by molar-refractivity contribution is 0.473. The van der Waals surface area contributed by atoms with Crippen LogP contribution in [0, 0.1) is 5.92 Å². The van der Waals surface area contributed by atoms with Crippen molar-refractivity contribution in [1.29, 1.82) is 0 Å². The zero-order valence-electron chi connectivity index (χ0n) is 15.3. The van der Waals surface area contributed by atoms with Gasteiger partial charge in [0.15, 0.2) is 5.84 Å². The largest absolute Gasteiger partial charge is 0.506 e. The number of nitrogens with zero attached hydrogens (tertiary/aromatic N) is 2. The fourth-order valence-electron chi connectivity index (χ4n) is 3.20. The molecule has 0 saturated carbocycles. The Morgan fingerprint density at radius 3 is 2.70 bits per heavy atom. The number of para-hydroxylation sites is 2. The maximum absolute atomic E-state index is 13.3. The summed E-state index contributed by atoms with van der Waals surface area (Å²) in [7, 11) is 0. The third-order valence-corrected chi connectivity index (χ3v) is 5.53. The summed E-state index contributed by atoms with van der Waals surface area (Å²) < 4.78 is 4.87. The van der Waals surface area contributed by atoms with Gasteiger partial charge in [-0.1, -0.05) is 38.1 Å². The Balaban J connectivity index is 1.94. The van der Waals surface area contributed by atoms with Crippen LogP contribution >= 0.6 is 11.9 Å².